The van der Waals surface area contributed by atoms with Gasteiger partial charge in [-0.3, -0.25) is 4.79 Å². The quantitative estimate of drug-likeness (QED) is 0.795. The normalized spacial score (nSPS) is 21.1. The zero-order valence-corrected chi connectivity index (χ0v) is 12.3. The Balaban J connectivity index is 1.80. The number of rotatable bonds is 4. The van der Waals surface area contributed by atoms with Gasteiger partial charge in [-0.15, -0.1) is 6.58 Å². The molecular formula is C15H25N3O2. The van der Waals surface area contributed by atoms with Gasteiger partial charge in [0.1, 0.15) is 0 Å². The van der Waals surface area contributed by atoms with Gasteiger partial charge in [-0.2, -0.15) is 0 Å². The molecule has 0 aromatic heterocycles. The molecule has 1 aliphatic carbocycles. The first-order valence-electron chi connectivity index (χ1n) is 7.57. The van der Waals surface area contributed by atoms with Crippen molar-refractivity contribution in [2.24, 2.45) is 5.92 Å². The van der Waals surface area contributed by atoms with E-state index in [-0.39, 0.29) is 23.9 Å². The first-order chi connectivity index (χ1) is 9.61. The van der Waals surface area contributed by atoms with E-state index in [1.165, 1.54) is 0 Å². The molecule has 1 heterocycles. The third-order valence-corrected chi connectivity index (χ3v) is 3.91. The number of nitrogens with zero attached hydrogens (tertiary/aromatic N) is 2. The van der Waals surface area contributed by atoms with Crippen molar-refractivity contribution >= 4 is 11.9 Å². The van der Waals surface area contributed by atoms with Gasteiger partial charge >= 0.3 is 6.03 Å². The summed E-state index contributed by atoms with van der Waals surface area (Å²) in [5.74, 6) is 0.551. The fourth-order valence-corrected chi connectivity index (χ4v) is 2.54. The molecule has 112 valence electrons. The lowest BCUT2D eigenvalue weighted by atomic mass is 10.2. The number of urea groups is 1. The maximum Gasteiger partial charge on any atom is 0.317 e. The molecule has 0 unspecified atom stereocenters. The average Bonchev–Trinajstić information content (AvgIpc) is 3.24. The van der Waals surface area contributed by atoms with E-state index in [0.29, 0.717) is 13.1 Å². The summed E-state index contributed by atoms with van der Waals surface area (Å²) in [6.45, 7) is 8.45. The molecule has 1 saturated heterocycles. The number of hydrogen-bond acceptors (Lipinski definition) is 2. The highest BCUT2D eigenvalue weighted by molar-refractivity contribution is 5.81. The molecule has 1 saturated carbocycles. The number of nitrogens with one attached hydrogen (secondary N) is 1. The first kappa shape index (κ1) is 14.9. The van der Waals surface area contributed by atoms with E-state index in [2.05, 4.69) is 11.9 Å². The molecule has 1 atom stereocenters. The number of hydrogen-bond donors (Lipinski definition) is 1. The zero-order chi connectivity index (χ0) is 14.5. The Morgan fingerprint density at radius 3 is 2.55 bits per heavy atom. The lowest BCUT2D eigenvalue weighted by Gasteiger charge is -2.24. The van der Waals surface area contributed by atoms with Crippen molar-refractivity contribution in [1.82, 2.24) is 15.1 Å². The molecule has 1 aliphatic heterocycles. The predicted octanol–water partition coefficient (Wildman–Crippen LogP) is 1.60. The average molecular weight is 279 g/mol. The molecular weight excluding hydrogens is 254 g/mol. The van der Waals surface area contributed by atoms with Gasteiger partial charge in [0, 0.05) is 38.1 Å². The Morgan fingerprint density at radius 2 is 1.90 bits per heavy atom. The largest absolute Gasteiger partial charge is 0.341 e. The molecule has 1 N–H and O–H groups in total. The fourth-order valence-electron chi connectivity index (χ4n) is 2.54. The molecule has 20 heavy (non-hydrogen) atoms. The molecule has 5 nitrogen and oxygen atoms in total. The van der Waals surface area contributed by atoms with Crippen molar-refractivity contribution in [3.63, 3.8) is 0 Å². The van der Waals surface area contributed by atoms with Gasteiger partial charge in [0.15, 0.2) is 0 Å². The van der Waals surface area contributed by atoms with Crippen LogP contribution in [0.2, 0.25) is 0 Å². The summed E-state index contributed by atoms with van der Waals surface area (Å²) in [4.78, 5) is 27.9. The van der Waals surface area contributed by atoms with Crippen LogP contribution in [0.15, 0.2) is 12.7 Å². The molecule has 0 aromatic rings. The van der Waals surface area contributed by atoms with E-state index in [1.807, 2.05) is 22.8 Å². The highest BCUT2D eigenvalue weighted by Gasteiger charge is 2.34. The van der Waals surface area contributed by atoms with E-state index >= 15 is 0 Å². The monoisotopic (exact) mass is 279 g/mol. The minimum Gasteiger partial charge on any atom is -0.341 e. The second-order valence-electron chi connectivity index (χ2n) is 5.82. The van der Waals surface area contributed by atoms with Gasteiger partial charge in [0.05, 0.1) is 0 Å². The highest BCUT2D eigenvalue weighted by Crippen LogP contribution is 2.31. The Kier molecular flexibility index (Phi) is 5.04. The summed E-state index contributed by atoms with van der Waals surface area (Å²) >= 11 is 0. The third kappa shape index (κ3) is 3.99. The van der Waals surface area contributed by atoms with Gasteiger partial charge in [0.25, 0.3) is 0 Å². The Labute approximate surface area is 121 Å². The Hall–Kier alpha value is -1.52. The molecule has 2 fully saturated rings. The summed E-state index contributed by atoms with van der Waals surface area (Å²) in [6.07, 6.45) is 5.52. The Morgan fingerprint density at radius 1 is 1.25 bits per heavy atom. The molecule has 0 spiro atoms. The van der Waals surface area contributed by atoms with E-state index in [1.54, 1.807) is 0 Å². The molecule has 0 bridgehead atoms. The van der Waals surface area contributed by atoms with Crippen LogP contribution < -0.4 is 5.32 Å². The first-order valence-corrected chi connectivity index (χ1v) is 7.57. The Bertz CT molecular complexity index is 379. The van der Waals surface area contributed by atoms with Crippen LogP contribution >= 0.6 is 0 Å². The van der Waals surface area contributed by atoms with Crippen LogP contribution in [0.5, 0.6) is 0 Å². The number of carbonyl (C=O) groups excluding carboxylic acids is 2. The summed E-state index contributed by atoms with van der Waals surface area (Å²) in [5.41, 5.74) is 0. The van der Waals surface area contributed by atoms with Crippen molar-refractivity contribution in [3.8, 4) is 0 Å². The van der Waals surface area contributed by atoms with Crippen LogP contribution in [0, 0.1) is 5.92 Å². The lowest BCUT2D eigenvalue weighted by Crippen LogP contribution is -2.45. The van der Waals surface area contributed by atoms with Crippen LogP contribution in [-0.2, 0) is 4.79 Å². The summed E-state index contributed by atoms with van der Waals surface area (Å²) in [5, 5.41) is 2.97. The van der Waals surface area contributed by atoms with Gasteiger partial charge < -0.3 is 15.1 Å². The maximum atomic E-state index is 12.1. The highest BCUT2D eigenvalue weighted by atomic mass is 16.2. The predicted molar refractivity (Wildman–Crippen MR) is 78.3 cm³/mol. The maximum absolute atomic E-state index is 12.1. The van der Waals surface area contributed by atoms with E-state index < -0.39 is 0 Å². The number of amides is 3. The lowest BCUT2D eigenvalue weighted by molar-refractivity contribution is -0.132. The van der Waals surface area contributed by atoms with Gasteiger partial charge in [0.2, 0.25) is 5.91 Å². The van der Waals surface area contributed by atoms with Crippen LogP contribution in [0.4, 0.5) is 4.79 Å². The molecule has 0 radical (unpaired) electrons. The summed E-state index contributed by atoms with van der Waals surface area (Å²) in [7, 11) is 0. The topological polar surface area (TPSA) is 52.7 Å². The van der Waals surface area contributed by atoms with Crippen LogP contribution in [0.3, 0.4) is 0 Å². The van der Waals surface area contributed by atoms with E-state index in [4.69, 9.17) is 0 Å². The SMILES string of the molecule is C=CC[C@@H](C)NC(=O)N1CCCN(C(=O)C2CC2)CC1. The second-order valence-corrected chi connectivity index (χ2v) is 5.82. The molecule has 2 aliphatic rings. The molecule has 2 rings (SSSR count). The smallest absolute Gasteiger partial charge is 0.317 e. The fraction of sp³-hybridized carbons (Fsp3) is 0.733. The number of carbonyl (C=O) groups is 2. The molecule has 0 aromatic carbocycles. The van der Waals surface area contributed by atoms with Crippen LogP contribution in [-0.4, -0.2) is 54.0 Å². The van der Waals surface area contributed by atoms with Gasteiger partial charge in [-0.25, -0.2) is 4.79 Å². The van der Waals surface area contributed by atoms with Gasteiger partial charge in [-0.1, -0.05) is 6.08 Å². The zero-order valence-electron chi connectivity index (χ0n) is 12.3. The molecule has 5 heteroatoms. The molecule has 3 amide bonds. The van der Waals surface area contributed by atoms with Crippen molar-refractivity contribution < 1.29 is 9.59 Å². The van der Waals surface area contributed by atoms with Crippen molar-refractivity contribution in [1.29, 1.82) is 0 Å². The van der Waals surface area contributed by atoms with Crippen LogP contribution in [0.25, 0.3) is 0 Å². The van der Waals surface area contributed by atoms with Crippen molar-refractivity contribution in [2.75, 3.05) is 26.2 Å². The third-order valence-electron chi connectivity index (χ3n) is 3.91. The second kappa shape index (κ2) is 6.77. The summed E-state index contributed by atoms with van der Waals surface area (Å²) in [6, 6.07) is 0.0764. The summed E-state index contributed by atoms with van der Waals surface area (Å²) < 4.78 is 0. The van der Waals surface area contributed by atoms with E-state index in [9.17, 15) is 9.59 Å². The van der Waals surface area contributed by atoms with Crippen molar-refractivity contribution in [2.45, 2.75) is 38.6 Å². The standard InChI is InChI=1S/C15H25N3O2/c1-3-5-12(2)16-15(20)18-9-4-8-17(10-11-18)14(19)13-6-7-13/h3,12-13H,1,4-11H2,2H3,(H,16,20)/t12-/m1/s1. The minimum absolute atomic E-state index is 0.0277. The van der Waals surface area contributed by atoms with Crippen molar-refractivity contribution in [3.05, 3.63) is 12.7 Å². The van der Waals surface area contributed by atoms with Gasteiger partial charge in [-0.05, 0) is 32.6 Å². The van der Waals surface area contributed by atoms with Crippen LogP contribution in [0.1, 0.15) is 32.6 Å². The van der Waals surface area contributed by atoms with E-state index in [0.717, 1.165) is 38.8 Å². The minimum atomic E-state index is -0.0277.